The van der Waals surface area contributed by atoms with Crippen LogP contribution in [-0.2, 0) is 28.3 Å². The average Bonchev–Trinajstić information content (AvgIpc) is 3.55. The number of carbonyl (C=O) groups is 1. The monoisotopic (exact) mass is 505 g/mol. The Morgan fingerprint density at radius 3 is 2.43 bits per heavy atom. The molecule has 1 heterocycles. The molecule has 0 N–H and O–H groups in total. The van der Waals surface area contributed by atoms with E-state index in [0.717, 1.165) is 30.5 Å². The van der Waals surface area contributed by atoms with E-state index < -0.39 is 27.3 Å². The van der Waals surface area contributed by atoms with Gasteiger partial charge in [0.05, 0.1) is 29.8 Å². The van der Waals surface area contributed by atoms with Crippen LogP contribution in [0.3, 0.4) is 0 Å². The average molecular weight is 506 g/mol. The number of rotatable bonds is 8. The van der Waals surface area contributed by atoms with E-state index >= 15 is 0 Å². The summed E-state index contributed by atoms with van der Waals surface area (Å²) in [5.41, 5.74) is 1.29. The smallest absolute Gasteiger partial charge is 0.333 e. The van der Waals surface area contributed by atoms with Gasteiger partial charge in [-0.1, -0.05) is 35.9 Å². The summed E-state index contributed by atoms with van der Waals surface area (Å²) in [6, 6.07) is 11.5. The predicted octanol–water partition coefficient (Wildman–Crippen LogP) is 5.18. The molecule has 0 radical (unpaired) electrons. The third-order valence-corrected chi connectivity index (χ3v) is 7.53. The normalized spacial score (nSPS) is 14.2. The van der Waals surface area contributed by atoms with E-state index in [1.54, 1.807) is 21.6 Å². The number of nitrogens with zero attached hydrogens (tertiary/aromatic N) is 3. The lowest BCUT2D eigenvalue weighted by molar-refractivity contribution is -0.137. The van der Waals surface area contributed by atoms with Crippen molar-refractivity contribution >= 4 is 15.7 Å². The minimum atomic E-state index is -4.56. The first-order valence-electron chi connectivity index (χ1n) is 11.3. The van der Waals surface area contributed by atoms with Crippen LogP contribution in [0.25, 0.3) is 0 Å². The highest BCUT2D eigenvalue weighted by molar-refractivity contribution is 7.90. The molecule has 0 aliphatic heterocycles. The van der Waals surface area contributed by atoms with E-state index in [0.29, 0.717) is 17.8 Å². The third-order valence-electron chi connectivity index (χ3n) is 5.96. The highest BCUT2D eigenvalue weighted by Gasteiger charge is 2.35. The highest BCUT2D eigenvalue weighted by atomic mass is 32.2. The molecule has 35 heavy (non-hydrogen) atoms. The molecule has 1 amide bonds. The second kappa shape index (κ2) is 9.49. The van der Waals surface area contributed by atoms with Crippen LogP contribution >= 0.6 is 0 Å². The van der Waals surface area contributed by atoms with Crippen LogP contribution in [0.2, 0.25) is 0 Å². The third kappa shape index (κ3) is 5.58. The van der Waals surface area contributed by atoms with Gasteiger partial charge in [0.2, 0.25) is 15.0 Å². The van der Waals surface area contributed by atoms with Crippen molar-refractivity contribution in [2.24, 2.45) is 0 Å². The lowest BCUT2D eigenvalue weighted by Crippen LogP contribution is -2.31. The van der Waals surface area contributed by atoms with Crippen molar-refractivity contribution in [1.29, 1.82) is 0 Å². The number of hydrogen-bond acceptors (Lipinski definition) is 4. The van der Waals surface area contributed by atoms with Gasteiger partial charge < -0.3 is 9.47 Å². The lowest BCUT2D eigenvalue weighted by Gasteiger charge is -2.22. The molecule has 186 valence electrons. The van der Waals surface area contributed by atoms with E-state index in [1.165, 1.54) is 18.3 Å². The van der Waals surface area contributed by atoms with Gasteiger partial charge in [0, 0.05) is 18.2 Å². The number of aryl methyl sites for hydroxylation is 1. The Balaban J connectivity index is 1.61. The summed E-state index contributed by atoms with van der Waals surface area (Å²) < 4.78 is 67.3. The van der Waals surface area contributed by atoms with Crippen molar-refractivity contribution in [2.45, 2.75) is 56.4 Å². The maximum atomic E-state index is 13.2. The molecule has 0 spiro atoms. The van der Waals surface area contributed by atoms with E-state index in [-0.39, 0.29) is 29.2 Å². The number of alkyl halides is 3. The Morgan fingerprint density at radius 1 is 1.14 bits per heavy atom. The molecular weight excluding hydrogens is 479 g/mol. The van der Waals surface area contributed by atoms with Crippen LogP contribution in [0.4, 0.5) is 13.2 Å². The van der Waals surface area contributed by atoms with Crippen LogP contribution in [-0.4, -0.2) is 35.3 Å². The summed E-state index contributed by atoms with van der Waals surface area (Å²) in [6.45, 7) is 4.36. The zero-order valence-electron chi connectivity index (χ0n) is 19.4. The Labute approximate surface area is 202 Å². The zero-order chi connectivity index (χ0) is 25.4. The molecule has 1 aromatic heterocycles. The van der Waals surface area contributed by atoms with Gasteiger partial charge in [0.25, 0.3) is 5.91 Å². The molecule has 1 saturated carbocycles. The predicted molar refractivity (Wildman–Crippen MR) is 124 cm³/mol. The minimum absolute atomic E-state index is 0.0384. The summed E-state index contributed by atoms with van der Waals surface area (Å²) in [7, 11) is -4.03. The molecule has 2 aromatic carbocycles. The van der Waals surface area contributed by atoms with E-state index in [1.807, 2.05) is 26.0 Å². The molecule has 10 heteroatoms. The van der Waals surface area contributed by atoms with Gasteiger partial charge in [-0.15, -0.1) is 0 Å². The Bertz CT molecular complexity index is 1330. The number of benzene rings is 2. The highest BCUT2D eigenvalue weighted by Crippen LogP contribution is 2.39. The van der Waals surface area contributed by atoms with Gasteiger partial charge in [0.1, 0.15) is 0 Å². The van der Waals surface area contributed by atoms with Gasteiger partial charge in [-0.2, -0.15) is 13.2 Å². The van der Waals surface area contributed by atoms with Crippen molar-refractivity contribution in [3.05, 3.63) is 82.7 Å². The standard InChI is InChI=1S/C25H26F3N3O3S/c1-3-30(23(32)19-9-7-17(2)8-10-19)15-22-14-29-24(31(22)21-11-12-21)35(33,34)16-18-5-4-6-20(13-18)25(26,27)28/h4-10,13-14,21H,3,11-12,15-16H2,1-2H3. The fourth-order valence-corrected chi connectivity index (χ4v) is 5.50. The molecule has 1 fully saturated rings. The number of hydrogen-bond donors (Lipinski definition) is 0. The van der Waals surface area contributed by atoms with Gasteiger partial charge in [0.15, 0.2) is 0 Å². The van der Waals surface area contributed by atoms with Crippen molar-refractivity contribution < 1.29 is 26.4 Å². The fourth-order valence-electron chi connectivity index (χ4n) is 3.97. The van der Waals surface area contributed by atoms with Crippen LogP contribution in [0.5, 0.6) is 0 Å². The van der Waals surface area contributed by atoms with Crippen LogP contribution in [0, 0.1) is 6.92 Å². The number of imidazole rings is 1. The minimum Gasteiger partial charge on any atom is -0.333 e. The van der Waals surface area contributed by atoms with Crippen LogP contribution < -0.4 is 0 Å². The summed E-state index contributed by atoms with van der Waals surface area (Å²) in [4.78, 5) is 18.8. The molecule has 3 aromatic rings. The summed E-state index contributed by atoms with van der Waals surface area (Å²) >= 11 is 0. The molecule has 6 nitrogen and oxygen atoms in total. The SMILES string of the molecule is CCN(Cc1cnc(S(=O)(=O)Cc2cccc(C(F)(F)F)c2)n1C1CC1)C(=O)c1ccc(C)cc1. The number of aromatic nitrogens is 2. The van der Waals surface area contributed by atoms with Crippen molar-refractivity contribution in [2.75, 3.05) is 6.54 Å². The molecule has 1 aliphatic rings. The maximum absolute atomic E-state index is 13.2. The zero-order valence-corrected chi connectivity index (χ0v) is 20.2. The molecule has 0 saturated heterocycles. The fraction of sp³-hybridized carbons (Fsp3) is 0.360. The van der Waals surface area contributed by atoms with Crippen molar-refractivity contribution in [3.63, 3.8) is 0 Å². The summed E-state index contributed by atoms with van der Waals surface area (Å²) in [5.74, 6) is -0.774. The second-order valence-corrected chi connectivity index (χ2v) is 10.7. The Morgan fingerprint density at radius 2 is 1.83 bits per heavy atom. The van der Waals surface area contributed by atoms with Gasteiger partial charge in [-0.25, -0.2) is 13.4 Å². The molecular formula is C25H26F3N3O3S. The maximum Gasteiger partial charge on any atom is 0.416 e. The molecule has 4 rings (SSSR count). The number of sulfone groups is 1. The van der Waals surface area contributed by atoms with Gasteiger partial charge >= 0.3 is 6.18 Å². The Kier molecular flexibility index (Phi) is 6.77. The molecule has 0 bridgehead atoms. The molecule has 0 unspecified atom stereocenters. The number of amides is 1. The van der Waals surface area contributed by atoms with E-state index in [9.17, 15) is 26.4 Å². The molecule has 1 aliphatic carbocycles. The number of halogens is 3. The first-order valence-corrected chi connectivity index (χ1v) is 13.0. The van der Waals surface area contributed by atoms with Gasteiger partial charge in [-0.05, 0) is 50.5 Å². The van der Waals surface area contributed by atoms with Gasteiger partial charge in [-0.3, -0.25) is 4.79 Å². The topological polar surface area (TPSA) is 72.3 Å². The largest absolute Gasteiger partial charge is 0.416 e. The quantitative estimate of drug-likeness (QED) is 0.423. The molecule has 0 atom stereocenters. The lowest BCUT2D eigenvalue weighted by atomic mass is 10.1. The van der Waals surface area contributed by atoms with E-state index in [2.05, 4.69) is 4.98 Å². The first kappa shape index (κ1) is 25.0. The number of carbonyl (C=O) groups excluding carboxylic acids is 1. The first-order chi connectivity index (χ1) is 16.5. The van der Waals surface area contributed by atoms with Crippen LogP contribution in [0.15, 0.2) is 59.9 Å². The Hall–Kier alpha value is -3.14. The van der Waals surface area contributed by atoms with E-state index in [4.69, 9.17) is 0 Å². The second-order valence-electron chi connectivity index (χ2n) is 8.78. The summed E-state index contributed by atoms with van der Waals surface area (Å²) in [6.07, 6.45) is -1.57. The van der Waals surface area contributed by atoms with Crippen LogP contribution in [0.1, 0.15) is 58.5 Å². The van der Waals surface area contributed by atoms with Crippen molar-refractivity contribution in [3.8, 4) is 0 Å². The summed E-state index contributed by atoms with van der Waals surface area (Å²) in [5, 5.41) is -0.175. The van der Waals surface area contributed by atoms with Crippen molar-refractivity contribution in [1.82, 2.24) is 14.5 Å².